The fourth-order valence-electron chi connectivity index (χ4n) is 4.53. The number of nitrogens with zero attached hydrogens (tertiary/aromatic N) is 3. The summed E-state index contributed by atoms with van der Waals surface area (Å²) in [5.41, 5.74) is 4.21. The van der Waals surface area contributed by atoms with Crippen molar-refractivity contribution in [2.24, 2.45) is 0 Å². The first-order valence-electron chi connectivity index (χ1n) is 12.0. The van der Waals surface area contributed by atoms with Gasteiger partial charge in [0.05, 0.1) is 22.2 Å². The van der Waals surface area contributed by atoms with E-state index in [1.165, 1.54) is 22.7 Å². The van der Waals surface area contributed by atoms with Crippen LogP contribution in [0.5, 0.6) is 5.75 Å². The van der Waals surface area contributed by atoms with Crippen molar-refractivity contribution < 1.29 is 19.4 Å². The zero-order chi connectivity index (χ0) is 26.2. The molecule has 2 N–H and O–H groups in total. The fraction of sp³-hybridized carbons (Fsp3) is 0.143. The molecular weight excluding hydrogens is 520 g/mol. The summed E-state index contributed by atoms with van der Waals surface area (Å²) in [5.74, 6) is -0.401. The second-order valence-electron chi connectivity index (χ2n) is 8.75. The van der Waals surface area contributed by atoms with E-state index < -0.39 is 5.97 Å². The number of fused-ring (bicyclic) bond motifs is 2. The number of urea groups is 1. The minimum absolute atomic E-state index is 0.00155. The topological polar surface area (TPSA) is 105 Å². The maximum absolute atomic E-state index is 13.3. The zero-order valence-electron chi connectivity index (χ0n) is 20.3. The number of anilines is 2. The van der Waals surface area contributed by atoms with Crippen LogP contribution in [0.4, 0.5) is 15.6 Å². The van der Waals surface area contributed by atoms with Crippen molar-refractivity contribution in [1.29, 1.82) is 0 Å². The van der Waals surface area contributed by atoms with Crippen molar-refractivity contribution in [3.63, 3.8) is 0 Å². The molecule has 3 aromatic carbocycles. The average Bonchev–Trinajstić information content (AvgIpc) is 3.57. The molecule has 5 aromatic rings. The summed E-state index contributed by atoms with van der Waals surface area (Å²) in [5, 5.41) is 13.9. The number of benzene rings is 3. The normalized spacial score (nSPS) is 12.8. The molecule has 8 nitrogen and oxygen atoms in total. The lowest BCUT2D eigenvalue weighted by molar-refractivity contribution is 0.0692. The number of amides is 2. The summed E-state index contributed by atoms with van der Waals surface area (Å²) >= 11 is 2.75. The van der Waals surface area contributed by atoms with Gasteiger partial charge in [-0.05, 0) is 66.4 Å². The van der Waals surface area contributed by atoms with Gasteiger partial charge < -0.3 is 9.84 Å². The van der Waals surface area contributed by atoms with E-state index in [2.05, 4.69) is 15.3 Å². The van der Waals surface area contributed by atoms with Crippen molar-refractivity contribution >= 4 is 55.7 Å². The van der Waals surface area contributed by atoms with Crippen LogP contribution >= 0.6 is 22.7 Å². The number of carbonyl (C=O) groups is 2. The minimum Gasteiger partial charge on any atom is -0.497 e. The molecule has 190 valence electrons. The van der Waals surface area contributed by atoms with Crippen LogP contribution in [0.1, 0.15) is 22.5 Å². The maximum Gasteiger partial charge on any atom is 0.356 e. The van der Waals surface area contributed by atoms with Crippen molar-refractivity contribution in [2.75, 3.05) is 23.9 Å². The van der Waals surface area contributed by atoms with E-state index in [1.807, 2.05) is 54.6 Å². The Morgan fingerprint density at radius 1 is 1.00 bits per heavy atom. The molecule has 10 heteroatoms. The third-order valence-corrected chi connectivity index (χ3v) is 8.49. The van der Waals surface area contributed by atoms with Gasteiger partial charge in [0.2, 0.25) is 0 Å². The lowest BCUT2D eigenvalue weighted by Gasteiger charge is -2.29. The number of methoxy groups -OCH3 is 1. The fourth-order valence-corrected chi connectivity index (χ4v) is 6.44. The molecule has 0 aliphatic carbocycles. The Balaban J connectivity index is 1.33. The number of para-hydroxylation sites is 1. The first kappa shape index (κ1) is 24.1. The molecule has 0 bridgehead atoms. The van der Waals surface area contributed by atoms with Crippen LogP contribution < -0.4 is 15.0 Å². The highest BCUT2D eigenvalue weighted by atomic mass is 32.1. The molecule has 2 aromatic heterocycles. The van der Waals surface area contributed by atoms with E-state index in [0.717, 1.165) is 45.4 Å². The summed E-state index contributed by atoms with van der Waals surface area (Å²) in [4.78, 5) is 36.6. The van der Waals surface area contributed by atoms with Crippen molar-refractivity contribution in [3.8, 4) is 26.8 Å². The predicted octanol–water partition coefficient (Wildman–Crippen LogP) is 6.78. The third kappa shape index (κ3) is 4.48. The Bertz CT molecular complexity index is 1640. The van der Waals surface area contributed by atoms with E-state index in [4.69, 9.17) is 4.74 Å². The Hall–Kier alpha value is -4.28. The molecule has 1 aliphatic heterocycles. The van der Waals surface area contributed by atoms with Crippen molar-refractivity contribution in [2.45, 2.75) is 12.8 Å². The highest BCUT2D eigenvalue weighted by molar-refractivity contribution is 7.22. The standard InChI is InChI=1S/C28H22N4O4S2/c1-36-19-12-10-17(11-13-19)24-23(26(33)34)30-25(38-24)18-9-8-16-5-4-14-32(21(16)15-18)28(35)31-27-29-20-6-2-3-7-22(20)37-27/h2-3,6-13,15H,4-5,14H2,1H3,(H,33,34)(H,29,31,35). The smallest absolute Gasteiger partial charge is 0.356 e. The monoisotopic (exact) mass is 542 g/mol. The Morgan fingerprint density at radius 2 is 1.79 bits per heavy atom. The highest BCUT2D eigenvalue weighted by Crippen LogP contribution is 2.39. The second kappa shape index (κ2) is 9.88. The lowest BCUT2D eigenvalue weighted by Crippen LogP contribution is -2.38. The summed E-state index contributed by atoms with van der Waals surface area (Å²) in [6, 6.07) is 20.6. The highest BCUT2D eigenvalue weighted by Gasteiger charge is 2.26. The first-order valence-corrected chi connectivity index (χ1v) is 13.6. The number of aromatic carboxylic acids is 1. The second-order valence-corrected chi connectivity index (χ2v) is 10.8. The minimum atomic E-state index is -1.09. The SMILES string of the molecule is COc1ccc(-c2sc(-c3ccc4c(c3)N(C(=O)Nc3nc5ccccc5s3)CCC4)nc2C(=O)O)cc1. The molecule has 0 spiro atoms. The van der Waals surface area contributed by atoms with Gasteiger partial charge >= 0.3 is 12.0 Å². The summed E-state index contributed by atoms with van der Waals surface area (Å²) in [7, 11) is 1.58. The lowest BCUT2D eigenvalue weighted by atomic mass is 10.00. The van der Waals surface area contributed by atoms with E-state index >= 15 is 0 Å². The number of nitrogens with one attached hydrogen (secondary N) is 1. The molecular formula is C28H22N4O4S2. The van der Waals surface area contributed by atoms with E-state index in [0.29, 0.717) is 27.3 Å². The number of carboxylic acids is 1. The molecule has 0 saturated heterocycles. The number of hydrogen-bond donors (Lipinski definition) is 2. The largest absolute Gasteiger partial charge is 0.497 e. The number of carboxylic acid groups (broad SMARTS) is 1. The molecule has 0 radical (unpaired) electrons. The summed E-state index contributed by atoms with van der Waals surface area (Å²) in [6.07, 6.45) is 1.71. The van der Waals surface area contributed by atoms with Gasteiger partial charge in [-0.15, -0.1) is 11.3 Å². The maximum atomic E-state index is 13.3. The number of carbonyl (C=O) groups excluding carboxylic acids is 1. The number of hydrogen-bond acceptors (Lipinski definition) is 7. The van der Waals surface area contributed by atoms with Crippen LogP contribution in [0.2, 0.25) is 0 Å². The number of thiazole rings is 2. The van der Waals surface area contributed by atoms with Crippen molar-refractivity contribution in [3.05, 3.63) is 78.0 Å². The summed E-state index contributed by atoms with van der Waals surface area (Å²) < 4.78 is 6.23. The van der Waals surface area contributed by atoms with Crippen LogP contribution in [0.15, 0.2) is 66.7 Å². The zero-order valence-corrected chi connectivity index (χ0v) is 21.9. The van der Waals surface area contributed by atoms with Gasteiger partial charge in [0.1, 0.15) is 10.8 Å². The summed E-state index contributed by atoms with van der Waals surface area (Å²) in [6.45, 7) is 0.572. The molecule has 2 amide bonds. The molecule has 0 fully saturated rings. The molecule has 38 heavy (non-hydrogen) atoms. The van der Waals surface area contributed by atoms with Gasteiger partial charge in [-0.3, -0.25) is 10.2 Å². The molecule has 0 saturated carbocycles. The molecule has 3 heterocycles. The Morgan fingerprint density at radius 3 is 2.55 bits per heavy atom. The first-order chi connectivity index (χ1) is 18.5. The Kier molecular flexibility index (Phi) is 6.26. The number of rotatable bonds is 5. The molecule has 6 rings (SSSR count). The van der Waals surface area contributed by atoms with Gasteiger partial charge in [0.15, 0.2) is 10.8 Å². The van der Waals surface area contributed by atoms with E-state index in [1.54, 1.807) is 24.1 Å². The van der Waals surface area contributed by atoms with Crippen LogP contribution in [0.25, 0.3) is 31.2 Å². The number of aryl methyl sites for hydroxylation is 1. The van der Waals surface area contributed by atoms with E-state index in [9.17, 15) is 14.7 Å². The van der Waals surface area contributed by atoms with Crippen LogP contribution in [-0.2, 0) is 6.42 Å². The molecule has 0 unspecified atom stereocenters. The molecule has 1 aliphatic rings. The predicted molar refractivity (Wildman–Crippen MR) is 151 cm³/mol. The van der Waals surface area contributed by atoms with Crippen LogP contribution in [0, 0.1) is 0 Å². The van der Waals surface area contributed by atoms with E-state index in [-0.39, 0.29) is 11.7 Å². The average molecular weight is 543 g/mol. The quantitative estimate of drug-likeness (QED) is 0.254. The number of aromatic nitrogens is 2. The third-order valence-electron chi connectivity index (χ3n) is 6.39. The van der Waals surface area contributed by atoms with Gasteiger partial charge in [-0.1, -0.05) is 35.6 Å². The number of ether oxygens (including phenoxy) is 1. The van der Waals surface area contributed by atoms with Gasteiger partial charge in [-0.2, -0.15) is 0 Å². The van der Waals surface area contributed by atoms with Gasteiger partial charge in [0.25, 0.3) is 0 Å². The van der Waals surface area contributed by atoms with Crippen LogP contribution in [-0.4, -0.2) is 40.7 Å². The van der Waals surface area contributed by atoms with Crippen LogP contribution in [0.3, 0.4) is 0 Å². The Labute approximate surface area is 226 Å². The van der Waals surface area contributed by atoms with Crippen molar-refractivity contribution in [1.82, 2.24) is 9.97 Å². The van der Waals surface area contributed by atoms with Gasteiger partial charge in [0, 0.05) is 17.8 Å². The molecule has 0 atom stereocenters. The van der Waals surface area contributed by atoms with Gasteiger partial charge in [-0.25, -0.2) is 19.6 Å².